The van der Waals surface area contributed by atoms with E-state index in [4.69, 9.17) is 17.9 Å². The summed E-state index contributed by atoms with van der Waals surface area (Å²) in [7, 11) is 0. The van der Waals surface area contributed by atoms with Crippen LogP contribution in [0, 0.1) is 83.2 Å². The number of nitriles is 2. The Labute approximate surface area is 481 Å². The van der Waals surface area contributed by atoms with Gasteiger partial charge in [0.05, 0.1) is 37.5 Å². The van der Waals surface area contributed by atoms with E-state index >= 15 is 0 Å². The average Bonchev–Trinajstić information content (AvgIpc) is 3.91. The number of ketones is 2. The van der Waals surface area contributed by atoms with E-state index in [2.05, 4.69) is 93.7 Å². The first kappa shape index (κ1) is 58.9. The molecule has 0 atom stereocenters. The van der Waals surface area contributed by atoms with E-state index in [0.717, 1.165) is 105 Å². The third-order valence-corrected chi connectivity index (χ3v) is 14.7. The van der Waals surface area contributed by atoms with Crippen molar-refractivity contribution >= 4 is 34.3 Å². The first-order valence-electron chi connectivity index (χ1n) is 26.3. The number of unbranched alkanes of at least 4 members (excludes halogenated alkanes) is 1. The summed E-state index contributed by atoms with van der Waals surface area (Å²) in [6.45, 7) is 33.4. The molecule has 0 aliphatic heterocycles. The number of benzene rings is 4. The topological polar surface area (TPSA) is 117 Å². The summed E-state index contributed by atoms with van der Waals surface area (Å²) in [5, 5.41) is 19.0. The van der Waals surface area contributed by atoms with Crippen molar-refractivity contribution in [3.05, 3.63) is 228 Å². The fourth-order valence-corrected chi connectivity index (χ4v) is 11.0. The predicted octanol–water partition coefficient (Wildman–Crippen LogP) is 17.0. The molecular formula is C68H68N4O4U. The van der Waals surface area contributed by atoms with Crippen molar-refractivity contribution in [2.24, 2.45) is 16.2 Å². The van der Waals surface area contributed by atoms with E-state index in [1.807, 2.05) is 106 Å². The van der Waals surface area contributed by atoms with E-state index in [9.17, 15) is 24.9 Å². The Hall–Kier alpha value is -7.38. The summed E-state index contributed by atoms with van der Waals surface area (Å²) in [5.41, 5.74) is 15.0. The van der Waals surface area contributed by atoms with E-state index in [1.165, 1.54) is 30.4 Å². The van der Waals surface area contributed by atoms with Crippen molar-refractivity contribution in [3.63, 3.8) is 0 Å². The molecule has 0 bridgehead atoms. The number of hydrogen-bond donors (Lipinski definition) is 0. The van der Waals surface area contributed by atoms with Crippen molar-refractivity contribution in [3.8, 4) is 23.3 Å². The molecule has 0 unspecified atom stereocenters. The molecule has 9 heteroatoms. The maximum Gasteiger partial charge on any atom is 0.338 e. The van der Waals surface area contributed by atoms with Crippen molar-refractivity contribution in [1.29, 1.82) is 10.5 Å². The molecule has 1 fully saturated rings. The molecule has 0 amide bonds. The van der Waals surface area contributed by atoms with Gasteiger partial charge in [0.25, 0.3) is 11.4 Å². The summed E-state index contributed by atoms with van der Waals surface area (Å²) in [5.74, 6) is -0.151. The molecule has 77 heavy (non-hydrogen) atoms. The molecule has 1 spiro atoms. The van der Waals surface area contributed by atoms with Gasteiger partial charge in [-0.25, -0.2) is 25.0 Å². The van der Waals surface area contributed by atoms with Gasteiger partial charge in [-0.15, -0.1) is 0 Å². The summed E-state index contributed by atoms with van der Waals surface area (Å²) >= 11 is 0. The Balaban J connectivity index is 0.000000213. The minimum absolute atomic E-state index is 0. The number of allylic oxidation sites excluding steroid dienone is 15. The van der Waals surface area contributed by atoms with Gasteiger partial charge in [-0.2, -0.15) is 0 Å². The molecule has 8 nitrogen and oxygen atoms in total. The molecule has 0 heterocycles. The standard InChI is InChI=1S/C25H22N2.C22H28O2.C21H16N2O2.U.H2/c1-27-22(18-26)21-17-25(15-9-4-10-16-25)24(20-13-7-3-8-14-20)23(21)19-11-5-2-6-12-19;1-13-9-15(10-14(2)19(13)23)16-11-17(21(3,4)5)20(24)18(12-16)22(6,7)8;1-3-4-12-25-21(24)17-11-7-10-16-19(17)14-8-5-6-9-15(14)20(16)18(13-22)23-2;;/h2-3,5-8,11-14H,4,9-10,15-17H2;9-12H,1-8H3;5-11H,3-4,12H2,1H3;;1H/b22-21+;;20-18+;;/i;;;;1+2. The van der Waals surface area contributed by atoms with Gasteiger partial charge in [-0.1, -0.05) is 171 Å². The predicted molar refractivity (Wildman–Crippen MR) is 306 cm³/mol. The van der Waals surface area contributed by atoms with Gasteiger partial charge < -0.3 is 4.74 Å². The Morgan fingerprint density at radius 3 is 1.69 bits per heavy atom. The van der Waals surface area contributed by atoms with Crippen LogP contribution < -0.4 is 0 Å². The van der Waals surface area contributed by atoms with Crippen LogP contribution in [-0.4, -0.2) is 24.1 Å². The number of hydrogen-bond acceptors (Lipinski definition) is 6. The molecule has 1 saturated carbocycles. The number of Topliss-reactive ketones (excluding diaryl/α,β-unsaturated/α-hetero) is 2. The maximum atomic E-state index is 13.0. The quantitative estimate of drug-likeness (QED) is 0.0723. The van der Waals surface area contributed by atoms with Crippen LogP contribution in [0.25, 0.3) is 37.5 Å². The zero-order chi connectivity index (χ0) is 55.0. The largest absolute Gasteiger partial charge is 0.462 e. The number of carbonyl (C=O) groups excluding carboxylic acids is 3. The van der Waals surface area contributed by atoms with Crippen LogP contribution >= 0.6 is 0 Å². The van der Waals surface area contributed by atoms with Crippen molar-refractivity contribution in [2.45, 2.75) is 114 Å². The molecule has 5 aliphatic rings. The van der Waals surface area contributed by atoms with E-state index in [-0.39, 0.29) is 77.7 Å². The molecule has 0 saturated heterocycles. The fraction of sp³-hybridized carbons (Fsp3) is 0.309. The van der Waals surface area contributed by atoms with E-state index in [0.29, 0.717) is 17.7 Å². The van der Waals surface area contributed by atoms with E-state index < -0.39 is 0 Å². The second-order valence-corrected chi connectivity index (χ2v) is 22.1. The molecular weight excluding hydrogens is 1170 g/mol. The van der Waals surface area contributed by atoms with E-state index in [1.54, 1.807) is 12.1 Å². The molecule has 4 aromatic carbocycles. The first-order chi connectivity index (χ1) is 36.3. The Bertz CT molecular complexity index is 3350. The van der Waals surface area contributed by atoms with Crippen LogP contribution in [0.2, 0.25) is 0 Å². The number of nitrogens with zero attached hydrogens (tertiary/aromatic N) is 4. The number of rotatable bonds is 6. The molecule has 5 aliphatic carbocycles. The fourth-order valence-electron chi connectivity index (χ4n) is 11.0. The van der Waals surface area contributed by atoms with Gasteiger partial charge >= 0.3 is 5.97 Å². The van der Waals surface area contributed by atoms with Crippen LogP contribution in [-0.2, 0) is 14.3 Å². The van der Waals surface area contributed by atoms with Crippen LogP contribution in [0.1, 0.15) is 148 Å². The minimum atomic E-state index is -0.373. The second kappa shape index (κ2) is 25.2. The Morgan fingerprint density at radius 2 is 1.17 bits per heavy atom. The van der Waals surface area contributed by atoms with Crippen LogP contribution in [0.15, 0.2) is 178 Å². The molecule has 0 aromatic heterocycles. The smallest absolute Gasteiger partial charge is 0.338 e. The van der Waals surface area contributed by atoms with Crippen molar-refractivity contribution in [1.82, 2.24) is 0 Å². The van der Waals surface area contributed by atoms with Crippen LogP contribution in [0.3, 0.4) is 0 Å². The van der Waals surface area contributed by atoms with Gasteiger partial charge in [0, 0.05) is 54.8 Å². The van der Waals surface area contributed by atoms with Gasteiger partial charge in [0.1, 0.15) is 0 Å². The number of esters is 1. The van der Waals surface area contributed by atoms with Gasteiger partial charge in [0.2, 0.25) is 0 Å². The summed E-state index contributed by atoms with van der Waals surface area (Å²) in [6.07, 6.45) is 16.4. The summed E-state index contributed by atoms with van der Waals surface area (Å²) in [6, 6.07) is 37.9. The zero-order valence-electron chi connectivity index (χ0n) is 45.9. The average molecular weight is 1250 g/mol. The normalized spacial score (nSPS) is 17.6. The van der Waals surface area contributed by atoms with Gasteiger partial charge in [-0.3, -0.25) is 9.59 Å². The third kappa shape index (κ3) is 12.6. The Morgan fingerprint density at radius 1 is 0.662 bits per heavy atom. The van der Waals surface area contributed by atoms with Crippen molar-refractivity contribution < 1.29 is 51.7 Å². The number of ether oxygens (including phenoxy) is 1. The minimum Gasteiger partial charge on any atom is -0.462 e. The zero-order valence-corrected chi connectivity index (χ0v) is 50.1. The second-order valence-electron chi connectivity index (χ2n) is 22.1. The molecule has 0 N–H and O–H groups in total. The van der Waals surface area contributed by atoms with Crippen LogP contribution in [0.4, 0.5) is 0 Å². The van der Waals surface area contributed by atoms with Gasteiger partial charge in [0.15, 0.2) is 11.6 Å². The molecule has 388 valence electrons. The third-order valence-electron chi connectivity index (χ3n) is 14.7. The summed E-state index contributed by atoms with van der Waals surface area (Å²) < 4.78 is 5.38. The van der Waals surface area contributed by atoms with Gasteiger partial charge in [-0.05, 0) is 153 Å². The van der Waals surface area contributed by atoms with Crippen molar-refractivity contribution in [2.75, 3.05) is 6.61 Å². The monoisotopic (exact) mass is 1240 g/mol. The van der Waals surface area contributed by atoms with Crippen LogP contribution in [0.5, 0.6) is 0 Å². The number of fused-ring (bicyclic) bond motifs is 3. The Kier molecular flexibility index (Phi) is 19.3. The molecule has 4 aromatic rings. The first-order valence-corrected chi connectivity index (χ1v) is 26.3. The number of carbonyl (C=O) groups is 3. The molecule has 0 radical (unpaired) electrons. The molecule has 9 rings (SSSR count). The SMILES string of the molecule is CC1=CC(=C2C=C(C(C)(C)C)C(=O)C(C(C)(C)C)=C2)C=C(C)C1=O.[3HH].[C-]#[N+]/C(C#N)=C1\CC2(CCCCC2)C(c2ccccc2)=C1c1ccccc1.[C-]#[N+]/C(C#N)=C1\c2ccccc2-c2c(C(=O)OCCCC)cccc21.[U]. The maximum absolute atomic E-state index is 13.0. The summed E-state index contributed by atoms with van der Waals surface area (Å²) in [4.78, 5) is 44.5.